The van der Waals surface area contributed by atoms with E-state index >= 15 is 0 Å². The molecular formula is C41H39IrN3O-2. The number of rotatable bonds is 6. The van der Waals surface area contributed by atoms with Gasteiger partial charge in [0.15, 0.2) is 0 Å². The van der Waals surface area contributed by atoms with Crippen LogP contribution in [0.5, 0.6) is 0 Å². The number of aromatic nitrogens is 3. The zero-order chi connectivity index (χ0) is 32.4. The van der Waals surface area contributed by atoms with Gasteiger partial charge in [0.05, 0.1) is 16.9 Å². The molecule has 235 valence electrons. The van der Waals surface area contributed by atoms with E-state index in [0.717, 1.165) is 50.2 Å². The van der Waals surface area contributed by atoms with Gasteiger partial charge in [0.2, 0.25) is 0 Å². The van der Waals surface area contributed by atoms with Crippen molar-refractivity contribution in [2.24, 2.45) is 0 Å². The zero-order valence-corrected chi connectivity index (χ0v) is 29.5. The Morgan fingerprint density at radius 1 is 0.783 bits per heavy atom. The van der Waals surface area contributed by atoms with Gasteiger partial charge in [-0.1, -0.05) is 113 Å². The molecule has 4 aromatic carbocycles. The Hall–Kier alpha value is -4.31. The van der Waals surface area contributed by atoms with E-state index in [1.54, 1.807) is 6.20 Å². The number of nitrogens with zero attached hydrogens (tertiary/aromatic N) is 3. The molecule has 7 rings (SSSR count). The maximum absolute atomic E-state index is 8.40. The van der Waals surface area contributed by atoms with Crippen molar-refractivity contribution in [1.82, 2.24) is 14.5 Å². The molecule has 0 saturated carbocycles. The van der Waals surface area contributed by atoms with Gasteiger partial charge in [-0.25, -0.2) is 0 Å². The third-order valence-corrected chi connectivity index (χ3v) is 8.09. The summed E-state index contributed by atoms with van der Waals surface area (Å²) in [6.07, 6.45) is 4.95. The number of imidazole rings is 1. The number of furan rings is 1. The Balaban J connectivity index is 0.000000280. The van der Waals surface area contributed by atoms with Crippen LogP contribution in [0.3, 0.4) is 0 Å². The summed E-state index contributed by atoms with van der Waals surface area (Å²) in [4.78, 5) is 9.31. The van der Waals surface area contributed by atoms with Crippen LogP contribution in [-0.2, 0) is 20.1 Å². The first-order valence-electron chi connectivity index (χ1n) is 16.1. The second-order valence-corrected chi connectivity index (χ2v) is 12.1. The Bertz CT molecular complexity index is 2030. The van der Waals surface area contributed by atoms with Crippen LogP contribution in [-0.4, -0.2) is 14.5 Å². The standard InChI is InChI=1S/C30H31N2O.C11H8N.Ir/c1-18(2)21-14-15-24-25(17-33-28(24)16-21)30-31-26-12-7-8-13-27(26)32(30)29-22(19(3)4)10-9-11-23(29)20(5)6;1-2-6-10(7-3-1)11-8-4-5-9-12-11;/h7-16,18-20H,1-6H3;1-6,8-9H;/q2*-1;/i18D;;. The molecule has 0 aliphatic heterocycles. The molecule has 0 unspecified atom stereocenters. The first-order chi connectivity index (χ1) is 22.1. The molecule has 46 heavy (non-hydrogen) atoms. The molecule has 0 bridgehead atoms. The Morgan fingerprint density at radius 2 is 1.50 bits per heavy atom. The molecule has 0 fully saturated rings. The number of benzene rings is 4. The molecule has 0 saturated heterocycles. The quantitative estimate of drug-likeness (QED) is 0.158. The van der Waals surface area contributed by atoms with Crippen LogP contribution in [0.2, 0.25) is 0 Å². The second-order valence-electron chi connectivity index (χ2n) is 12.1. The summed E-state index contributed by atoms with van der Waals surface area (Å²) in [5, 5.41) is 0.956. The van der Waals surface area contributed by atoms with Gasteiger partial charge in [0.25, 0.3) is 0 Å². The van der Waals surface area contributed by atoms with Gasteiger partial charge in [-0.3, -0.25) is 4.98 Å². The summed E-state index contributed by atoms with van der Waals surface area (Å²) in [5.41, 5.74) is 10.3. The largest absolute Gasteiger partial charge is 0.557 e. The van der Waals surface area contributed by atoms with Crippen LogP contribution in [0.4, 0.5) is 0 Å². The van der Waals surface area contributed by atoms with Crippen molar-refractivity contribution in [2.45, 2.75) is 59.3 Å². The molecule has 0 aliphatic carbocycles. The van der Waals surface area contributed by atoms with Crippen molar-refractivity contribution in [2.75, 3.05) is 0 Å². The fraction of sp³-hybridized carbons (Fsp3) is 0.220. The minimum atomic E-state index is -0.698. The predicted octanol–water partition coefficient (Wildman–Crippen LogP) is 11.2. The third kappa shape index (κ3) is 6.63. The van der Waals surface area contributed by atoms with Gasteiger partial charge in [0, 0.05) is 45.2 Å². The second kappa shape index (κ2) is 14.4. The predicted molar refractivity (Wildman–Crippen MR) is 186 cm³/mol. The fourth-order valence-electron chi connectivity index (χ4n) is 5.72. The van der Waals surface area contributed by atoms with Crippen LogP contribution >= 0.6 is 0 Å². The molecular weight excluding hydrogens is 743 g/mol. The van der Waals surface area contributed by atoms with Crippen LogP contribution < -0.4 is 0 Å². The summed E-state index contributed by atoms with van der Waals surface area (Å²) in [5.74, 6) is 0.841. The van der Waals surface area contributed by atoms with Crippen LogP contribution in [0.25, 0.3) is 50.3 Å². The molecule has 0 aliphatic rings. The number of hydrogen-bond acceptors (Lipinski definition) is 3. The van der Waals surface area contributed by atoms with Crippen LogP contribution in [0.1, 0.15) is 77.3 Å². The van der Waals surface area contributed by atoms with E-state index < -0.39 is 5.89 Å². The van der Waals surface area contributed by atoms with E-state index in [1.165, 1.54) is 16.8 Å². The van der Waals surface area contributed by atoms with Gasteiger partial charge in [0.1, 0.15) is 0 Å². The Kier molecular flexibility index (Phi) is 9.92. The Labute approximate surface area is 287 Å². The molecule has 0 spiro atoms. The van der Waals surface area contributed by atoms with Gasteiger partial charge in [-0.05, 0) is 52.7 Å². The van der Waals surface area contributed by atoms with Crippen molar-refractivity contribution in [1.29, 1.82) is 0 Å². The van der Waals surface area contributed by atoms with Crippen molar-refractivity contribution in [3.05, 3.63) is 138 Å². The normalized spacial score (nSPS) is 11.8. The summed E-state index contributed by atoms with van der Waals surface area (Å²) in [6, 6.07) is 37.7. The minimum Gasteiger partial charge on any atom is -0.557 e. The molecule has 5 heteroatoms. The SMILES string of the molecule is [2H]C(C)(C)c1ccc2c(-c3nc4ccccc4n3-c3c(C(C)C)cccc3C(C)C)[c-]oc2c1.[Ir].[c-]1ccccc1-c1ccccn1. The Morgan fingerprint density at radius 3 is 2.15 bits per heavy atom. The number of para-hydroxylation sites is 3. The molecule has 3 heterocycles. The van der Waals surface area contributed by atoms with Crippen molar-refractivity contribution in [3.8, 4) is 28.3 Å². The molecule has 4 nitrogen and oxygen atoms in total. The summed E-state index contributed by atoms with van der Waals surface area (Å²) in [6.45, 7) is 12.7. The van der Waals surface area contributed by atoms with E-state index in [9.17, 15) is 0 Å². The average Bonchev–Trinajstić information content (AvgIpc) is 3.66. The summed E-state index contributed by atoms with van der Waals surface area (Å²) in [7, 11) is 0. The van der Waals surface area contributed by atoms with Crippen LogP contribution in [0, 0.1) is 12.3 Å². The summed E-state index contributed by atoms with van der Waals surface area (Å²) < 4.78 is 16.6. The van der Waals surface area contributed by atoms with Gasteiger partial charge < -0.3 is 14.0 Å². The van der Waals surface area contributed by atoms with Crippen LogP contribution in [0.15, 0.2) is 114 Å². The molecule has 3 aromatic heterocycles. The van der Waals surface area contributed by atoms with Crippen molar-refractivity contribution < 1.29 is 25.9 Å². The third-order valence-electron chi connectivity index (χ3n) is 8.09. The van der Waals surface area contributed by atoms with E-state index in [-0.39, 0.29) is 20.1 Å². The molecule has 1 radical (unpaired) electrons. The van der Waals surface area contributed by atoms with E-state index in [0.29, 0.717) is 11.8 Å². The fourth-order valence-corrected chi connectivity index (χ4v) is 5.72. The monoisotopic (exact) mass is 783 g/mol. The maximum atomic E-state index is 8.40. The number of pyridine rings is 1. The molecule has 0 N–H and O–H groups in total. The van der Waals surface area contributed by atoms with Gasteiger partial charge >= 0.3 is 0 Å². The molecule has 0 amide bonds. The minimum absolute atomic E-state index is 0. The maximum Gasteiger partial charge on any atom is 0.0774 e. The smallest absolute Gasteiger partial charge is 0.0774 e. The van der Waals surface area contributed by atoms with E-state index in [1.807, 2.05) is 80.6 Å². The molecule has 7 aromatic rings. The summed E-state index contributed by atoms with van der Waals surface area (Å²) >= 11 is 0. The van der Waals surface area contributed by atoms with Gasteiger partial charge in [-0.15, -0.1) is 42.0 Å². The topological polar surface area (TPSA) is 43.9 Å². The average molecular weight is 783 g/mol. The molecule has 0 atom stereocenters. The van der Waals surface area contributed by atoms with Gasteiger partial charge in [-0.2, -0.15) is 0 Å². The first kappa shape index (κ1) is 31.7. The van der Waals surface area contributed by atoms with E-state index in [2.05, 4.69) is 86.0 Å². The van der Waals surface area contributed by atoms with Crippen molar-refractivity contribution in [3.63, 3.8) is 0 Å². The van der Waals surface area contributed by atoms with E-state index in [4.69, 9.17) is 10.8 Å². The number of fused-ring (bicyclic) bond motifs is 2. The van der Waals surface area contributed by atoms with Crippen molar-refractivity contribution >= 4 is 22.0 Å². The zero-order valence-electron chi connectivity index (χ0n) is 28.1. The number of hydrogen-bond donors (Lipinski definition) is 0. The first-order valence-corrected chi connectivity index (χ1v) is 15.6.